The van der Waals surface area contributed by atoms with Crippen LogP contribution in [0.4, 0.5) is 0 Å². The summed E-state index contributed by atoms with van der Waals surface area (Å²) in [4.78, 5) is 29.9. The summed E-state index contributed by atoms with van der Waals surface area (Å²) in [6, 6.07) is 5.19. The molecule has 1 fully saturated rings. The number of hydrogen-bond donors (Lipinski definition) is 1. The van der Waals surface area contributed by atoms with Crippen LogP contribution in [0.5, 0.6) is 0 Å². The van der Waals surface area contributed by atoms with Gasteiger partial charge in [-0.25, -0.2) is 9.67 Å². The molecule has 23 heavy (non-hydrogen) atoms. The second kappa shape index (κ2) is 5.81. The van der Waals surface area contributed by atoms with Crippen molar-refractivity contribution in [1.82, 2.24) is 19.7 Å². The average molecular weight is 315 g/mol. The quantitative estimate of drug-likeness (QED) is 0.857. The zero-order valence-electron chi connectivity index (χ0n) is 12.7. The summed E-state index contributed by atoms with van der Waals surface area (Å²) in [5.74, 6) is -0.169. The predicted molar refractivity (Wildman–Crippen MR) is 80.8 cm³/mol. The lowest BCUT2D eigenvalue weighted by Crippen LogP contribution is -2.58. The maximum atomic E-state index is 12.6. The van der Waals surface area contributed by atoms with E-state index >= 15 is 0 Å². The lowest BCUT2D eigenvalue weighted by atomic mass is 10.0. The van der Waals surface area contributed by atoms with E-state index in [0.29, 0.717) is 17.9 Å². The third-order valence-corrected chi connectivity index (χ3v) is 3.82. The number of hydrogen-bond acceptors (Lipinski definition) is 5. The van der Waals surface area contributed by atoms with Crippen LogP contribution in [0.2, 0.25) is 0 Å². The van der Waals surface area contributed by atoms with Crippen molar-refractivity contribution >= 4 is 11.8 Å². The first-order valence-corrected chi connectivity index (χ1v) is 7.19. The van der Waals surface area contributed by atoms with Crippen LogP contribution in [-0.2, 0) is 9.53 Å². The van der Waals surface area contributed by atoms with Crippen molar-refractivity contribution < 1.29 is 14.3 Å². The molecule has 2 aromatic rings. The monoisotopic (exact) mass is 315 g/mol. The molecule has 2 N–H and O–H groups in total. The highest BCUT2D eigenvalue weighted by Crippen LogP contribution is 2.19. The van der Waals surface area contributed by atoms with Crippen molar-refractivity contribution in [3.63, 3.8) is 0 Å². The highest BCUT2D eigenvalue weighted by molar-refractivity contribution is 5.95. The summed E-state index contributed by atoms with van der Waals surface area (Å²) in [5.41, 5.74) is 4.64. The minimum absolute atomic E-state index is 0.127. The number of nitrogens with two attached hydrogens (primary N) is 1. The molecular weight excluding hydrogens is 298 g/mol. The van der Waals surface area contributed by atoms with Crippen molar-refractivity contribution in [2.45, 2.75) is 12.5 Å². The summed E-state index contributed by atoms with van der Waals surface area (Å²) in [7, 11) is 0. The molecule has 0 radical (unpaired) electrons. The number of rotatable bonds is 3. The smallest absolute Gasteiger partial charge is 0.255 e. The number of amides is 2. The van der Waals surface area contributed by atoms with Gasteiger partial charge in [0.1, 0.15) is 0 Å². The molecule has 8 nitrogen and oxygen atoms in total. The van der Waals surface area contributed by atoms with Crippen LogP contribution >= 0.6 is 0 Å². The van der Waals surface area contributed by atoms with Crippen molar-refractivity contribution in [3.05, 3.63) is 42.4 Å². The number of primary amides is 1. The van der Waals surface area contributed by atoms with E-state index in [0.717, 1.165) is 0 Å². The molecule has 1 atom stereocenters. The van der Waals surface area contributed by atoms with Gasteiger partial charge < -0.3 is 15.4 Å². The van der Waals surface area contributed by atoms with Crippen LogP contribution < -0.4 is 5.73 Å². The number of morpholine rings is 1. The first-order valence-electron chi connectivity index (χ1n) is 7.19. The van der Waals surface area contributed by atoms with Crippen molar-refractivity contribution in [1.29, 1.82) is 0 Å². The fraction of sp³-hybridized carbons (Fsp3) is 0.333. The Hall–Kier alpha value is -2.74. The van der Waals surface area contributed by atoms with Gasteiger partial charge in [-0.3, -0.25) is 9.59 Å². The normalized spacial score (nSPS) is 21.2. The first kappa shape index (κ1) is 15.2. The topological polar surface area (TPSA) is 103 Å². The van der Waals surface area contributed by atoms with Crippen LogP contribution in [0.15, 0.2) is 36.8 Å². The second-order valence-electron chi connectivity index (χ2n) is 5.53. The summed E-state index contributed by atoms with van der Waals surface area (Å²) in [6.07, 6.45) is 4.92. The average Bonchev–Trinajstić information content (AvgIpc) is 3.09. The number of pyridine rings is 1. The fourth-order valence-corrected chi connectivity index (χ4v) is 2.43. The maximum Gasteiger partial charge on any atom is 0.255 e. The van der Waals surface area contributed by atoms with E-state index in [1.165, 1.54) is 6.20 Å². The zero-order chi connectivity index (χ0) is 16.4. The standard InChI is InChI=1S/C15H17N5O3/c1-15(14(16)22)10-19(7-8-23-15)13(21)11-3-4-12(17-9-11)20-6-2-5-18-20/h2-6,9H,7-8,10H2,1H3,(H2,16,22)/t15-/m0/s1. The van der Waals surface area contributed by atoms with Crippen LogP contribution in [0.25, 0.3) is 5.82 Å². The first-order chi connectivity index (χ1) is 11.0. The maximum absolute atomic E-state index is 12.6. The molecule has 120 valence electrons. The van der Waals surface area contributed by atoms with Gasteiger partial charge in [-0.1, -0.05) is 0 Å². The van der Waals surface area contributed by atoms with Crippen LogP contribution in [0, 0.1) is 0 Å². The van der Waals surface area contributed by atoms with Crippen molar-refractivity contribution in [3.8, 4) is 5.82 Å². The van der Waals surface area contributed by atoms with E-state index < -0.39 is 11.5 Å². The summed E-state index contributed by atoms with van der Waals surface area (Å²) >= 11 is 0. The molecule has 0 spiro atoms. The molecule has 2 aromatic heterocycles. The molecule has 0 unspecified atom stereocenters. The molecule has 0 aromatic carbocycles. The molecule has 3 rings (SSSR count). The van der Waals surface area contributed by atoms with Gasteiger partial charge in [0.2, 0.25) is 0 Å². The molecule has 3 heterocycles. The number of aromatic nitrogens is 3. The largest absolute Gasteiger partial charge is 0.367 e. The Morgan fingerprint density at radius 1 is 1.39 bits per heavy atom. The Labute approximate surface area is 132 Å². The van der Waals surface area contributed by atoms with Crippen LogP contribution in [0.3, 0.4) is 0 Å². The van der Waals surface area contributed by atoms with Gasteiger partial charge in [-0.15, -0.1) is 0 Å². The Bertz CT molecular complexity index is 713. The second-order valence-corrected chi connectivity index (χ2v) is 5.53. The Morgan fingerprint density at radius 3 is 2.83 bits per heavy atom. The van der Waals surface area contributed by atoms with E-state index in [2.05, 4.69) is 10.1 Å². The van der Waals surface area contributed by atoms with Crippen molar-refractivity contribution in [2.75, 3.05) is 19.7 Å². The van der Waals surface area contributed by atoms with Gasteiger partial charge in [0, 0.05) is 25.1 Å². The van der Waals surface area contributed by atoms with E-state index in [4.69, 9.17) is 10.5 Å². The van der Waals surface area contributed by atoms with Crippen LogP contribution in [0.1, 0.15) is 17.3 Å². The third kappa shape index (κ3) is 2.93. The molecule has 0 saturated carbocycles. The minimum Gasteiger partial charge on any atom is -0.367 e. The van der Waals surface area contributed by atoms with Gasteiger partial charge in [-0.2, -0.15) is 5.10 Å². The van der Waals surface area contributed by atoms with Crippen LogP contribution in [-0.4, -0.2) is 56.8 Å². The minimum atomic E-state index is -1.16. The molecule has 0 bridgehead atoms. The van der Waals surface area contributed by atoms with Gasteiger partial charge in [0.25, 0.3) is 11.8 Å². The molecular formula is C15H17N5O3. The molecule has 1 aliphatic heterocycles. The zero-order valence-corrected chi connectivity index (χ0v) is 12.7. The van der Waals surface area contributed by atoms with Gasteiger partial charge in [-0.05, 0) is 25.1 Å². The lowest BCUT2D eigenvalue weighted by Gasteiger charge is -2.38. The van der Waals surface area contributed by atoms with E-state index in [1.54, 1.807) is 47.1 Å². The van der Waals surface area contributed by atoms with Gasteiger partial charge in [0.15, 0.2) is 11.4 Å². The van der Waals surface area contributed by atoms with Crippen molar-refractivity contribution in [2.24, 2.45) is 5.73 Å². The highest BCUT2D eigenvalue weighted by atomic mass is 16.5. The van der Waals surface area contributed by atoms with E-state index in [1.807, 2.05) is 0 Å². The Kier molecular flexibility index (Phi) is 3.83. The predicted octanol–water partition coefficient (Wildman–Crippen LogP) is -0.0163. The van der Waals surface area contributed by atoms with E-state index in [9.17, 15) is 9.59 Å². The third-order valence-electron chi connectivity index (χ3n) is 3.82. The number of ether oxygens (including phenoxy) is 1. The summed E-state index contributed by atoms with van der Waals surface area (Å²) in [6.45, 7) is 2.39. The number of nitrogens with zero attached hydrogens (tertiary/aromatic N) is 4. The highest BCUT2D eigenvalue weighted by Gasteiger charge is 2.39. The number of carbonyl (C=O) groups is 2. The molecule has 8 heteroatoms. The Morgan fingerprint density at radius 2 is 2.22 bits per heavy atom. The number of carbonyl (C=O) groups excluding carboxylic acids is 2. The molecule has 1 saturated heterocycles. The summed E-state index contributed by atoms with van der Waals surface area (Å²) < 4.78 is 7.02. The molecule has 1 aliphatic rings. The SMILES string of the molecule is C[C@@]1(C(N)=O)CN(C(=O)c2ccc(-n3cccn3)nc2)CCO1. The summed E-state index contributed by atoms with van der Waals surface area (Å²) in [5, 5.41) is 4.08. The lowest BCUT2D eigenvalue weighted by molar-refractivity contribution is -0.150. The van der Waals surface area contributed by atoms with Gasteiger partial charge >= 0.3 is 0 Å². The Balaban J connectivity index is 1.76. The molecule has 0 aliphatic carbocycles. The van der Waals surface area contributed by atoms with Gasteiger partial charge in [0.05, 0.1) is 18.7 Å². The fourth-order valence-electron chi connectivity index (χ4n) is 2.43. The molecule has 2 amide bonds. The van der Waals surface area contributed by atoms with E-state index in [-0.39, 0.29) is 19.1 Å².